The number of thiophene rings is 1. The van der Waals surface area contributed by atoms with Crippen molar-refractivity contribution in [3.8, 4) is 0 Å². The minimum Gasteiger partial charge on any atom is -0.406 e. The van der Waals surface area contributed by atoms with E-state index < -0.39 is 8.32 Å². The fourth-order valence-corrected chi connectivity index (χ4v) is 6.57. The van der Waals surface area contributed by atoms with Crippen LogP contribution in [0.15, 0.2) is 24.3 Å². The number of rotatable bonds is 7. The Labute approximate surface area is 203 Å². The Morgan fingerprint density at radius 2 is 1.87 bits per heavy atom. The van der Waals surface area contributed by atoms with Gasteiger partial charge in [0.1, 0.15) is 0 Å². The molecule has 2 aromatic rings. The fourth-order valence-electron chi connectivity index (χ4n) is 3.08. The monoisotopic (exact) mass is 580 g/mol. The number of halogens is 2. The van der Waals surface area contributed by atoms with Crippen LogP contribution in [0, 0.1) is 3.57 Å². The summed E-state index contributed by atoms with van der Waals surface area (Å²) in [7, 11) is -0.361. The molecule has 1 aromatic carbocycles. The maximum Gasteiger partial charge on any atom is 0.193 e. The Bertz CT molecular complexity index is 854. The highest BCUT2D eigenvalue weighted by Crippen LogP contribution is 2.45. The third kappa shape index (κ3) is 5.67. The summed E-state index contributed by atoms with van der Waals surface area (Å²) in [6.07, 6.45) is -0.540. The van der Waals surface area contributed by atoms with Crippen molar-refractivity contribution in [2.75, 3.05) is 20.3 Å². The maximum atomic E-state index is 6.99. The summed E-state index contributed by atoms with van der Waals surface area (Å²) in [5.41, 5.74) is 2.17. The van der Waals surface area contributed by atoms with Gasteiger partial charge < -0.3 is 18.6 Å². The molecule has 0 saturated carbocycles. The molecule has 0 radical (unpaired) electrons. The van der Waals surface area contributed by atoms with Crippen LogP contribution in [0.3, 0.4) is 0 Å². The highest BCUT2D eigenvalue weighted by molar-refractivity contribution is 14.1. The van der Waals surface area contributed by atoms with Crippen molar-refractivity contribution in [1.29, 1.82) is 0 Å². The van der Waals surface area contributed by atoms with E-state index in [4.69, 9.17) is 30.2 Å². The first-order chi connectivity index (χ1) is 14.0. The lowest BCUT2D eigenvalue weighted by molar-refractivity contribution is -0.0413. The molecular weight excluding hydrogens is 551 g/mol. The summed E-state index contributed by atoms with van der Waals surface area (Å²) in [5, 5.41) is 0.793. The van der Waals surface area contributed by atoms with Crippen LogP contribution in [-0.4, -0.2) is 28.6 Å². The maximum absolute atomic E-state index is 6.99. The molecule has 1 atom stereocenters. The van der Waals surface area contributed by atoms with Crippen molar-refractivity contribution in [2.24, 2.45) is 0 Å². The number of hydrogen-bond acceptors (Lipinski definition) is 5. The molecule has 8 heteroatoms. The Morgan fingerprint density at radius 1 is 1.20 bits per heavy atom. The van der Waals surface area contributed by atoms with E-state index in [1.807, 2.05) is 12.1 Å². The van der Waals surface area contributed by atoms with Gasteiger partial charge in [0.25, 0.3) is 0 Å². The minimum atomic E-state index is -2.08. The second-order valence-corrected chi connectivity index (χ2v) is 16.6. The Kier molecular flexibility index (Phi) is 8.10. The van der Waals surface area contributed by atoms with E-state index in [1.165, 1.54) is 0 Å². The Balaban J connectivity index is 2.11. The van der Waals surface area contributed by atoms with Gasteiger partial charge in [0.15, 0.2) is 14.6 Å². The molecule has 0 N–H and O–H groups in total. The summed E-state index contributed by atoms with van der Waals surface area (Å²) >= 11 is 10.4. The van der Waals surface area contributed by atoms with Crippen molar-refractivity contribution in [3.05, 3.63) is 53.7 Å². The van der Waals surface area contributed by atoms with Gasteiger partial charge in [-0.1, -0.05) is 32.4 Å². The van der Waals surface area contributed by atoms with E-state index in [1.54, 1.807) is 18.4 Å². The number of benzene rings is 1. The normalized spacial score (nSPS) is 16.9. The highest BCUT2D eigenvalue weighted by atomic mass is 127. The zero-order valence-electron chi connectivity index (χ0n) is 18.4. The predicted molar refractivity (Wildman–Crippen MR) is 134 cm³/mol. The molecule has 1 aliphatic rings. The van der Waals surface area contributed by atoms with Gasteiger partial charge in [-0.2, -0.15) is 0 Å². The molecule has 30 heavy (non-hydrogen) atoms. The van der Waals surface area contributed by atoms with Crippen LogP contribution in [0.25, 0.3) is 0 Å². The van der Waals surface area contributed by atoms with Crippen molar-refractivity contribution < 1.29 is 18.6 Å². The SMILES string of the molecule is COCc1sc(C2OCCO2)cc1C(O[Si](C)(C)C(C)(C)C)c1cc(Cl)cc(I)c1. The molecule has 3 rings (SSSR count). The van der Waals surface area contributed by atoms with Crippen molar-refractivity contribution in [2.45, 2.75) is 57.9 Å². The summed E-state index contributed by atoms with van der Waals surface area (Å²) in [6, 6.07) is 8.30. The largest absolute Gasteiger partial charge is 0.406 e. The van der Waals surface area contributed by atoms with Crippen LogP contribution in [-0.2, 0) is 25.2 Å². The Morgan fingerprint density at radius 3 is 2.43 bits per heavy atom. The molecule has 1 aliphatic heterocycles. The highest BCUT2D eigenvalue weighted by Gasteiger charge is 2.41. The van der Waals surface area contributed by atoms with Crippen molar-refractivity contribution >= 4 is 53.8 Å². The molecule has 0 amide bonds. The predicted octanol–water partition coefficient (Wildman–Crippen LogP) is 7.31. The molecule has 2 heterocycles. The third-order valence-corrected chi connectivity index (χ3v) is 12.1. The molecule has 1 fully saturated rings. The zero-order chi connectivity index (χ0) is 22.1. The van der Waals surface area contributed by atoms with Crippen LogP contribution < -0.4 is 0 Å². The van der Waals surface area contributed by atoms with E-state index >= 15 is 0 Å². The summed E-state index contributed by atoms with van der Waals surface area (Å²) in [6.45, 7) is 13.1. The molecule has 1 unspecified atom stereocenters. The lowest BCUT2D eigenvalue weighted by Crippen LogP contribution is -2.42. The number of hydrogen-bond donors (Lipinski definition) is 0. The number of methoxy groups -OCH3 is 1. The molecule has 0 bridgehead atoms. The summed E-state index contributed by atoms with van der Waals surface area (Å²) in [4.78, 5) is 2.18. The van der Waals surface area contributed by atoms with E-state index in [9.17, 15) is 0 Å². The topological polar surface area (TPSA) is 36.9 Å². The molecule has 4 nitrogen and oxygen atoms in total. The molecule has 166 valence electrons. The average molecular weight is 581 g/mol. The second kappa shape index (κ2) is 9.87. The van der Waals surface area contributed by atoms with Crippen LogP contribution in [0.2, 0.25) is 23.2 Å². The van der Waals surface area contributed by atoms with Crippen molar-refractivity contribution in [1.82, 2.24) is 0 Å². The van der Waals surface area contributed by atoms with Gasteiger partial charge in [-0.15, -0.1) is 11.3 Å². The Hall–Kier alpha value is -0.00312. The minimum absolute atomic E-state index is 0.0783. The van der Waals surface area contributed by atoms with Gasteiger partial charge in [0, 0.05) is 26.1 Å². The lowest BCUT2D eigenvalue weighted by atomic mass is 10.0. The quantitative estimate of drug-likeness (QED) is 0.254. The smallest absolute Gasteiger partial charge is 0.193 e. The molecule has 0 aliphatic carbocycles. The molecule has 1 saturated heterocycles. The zero-order valence-corrected chi connectivity index (χ0v) is 23.1. The van der Waals surface area contributed by atoms with Crippen molar-refractivity contribution in [3.63, 3.8) is 0 Å². The lowest BCUT2D eigenvalue weighted by Gasteiger charge is -2.39. The molecule has 0 spiro atoms. The van der Waals surface area contributed by atoms with E-state index in [0.717, 1.165) is 24.5 Å². The average Bonchev–Trinajstić information content (AvgIpc) is 3.28. The standard InChI is InChI=1S/C22H30ClIO4SSi/c1-22(2,3)30(5,6)28-20(14-9-15(23)11-16(24)10-14)17-12-18(21-26-7-8-27-21)29-19(17)13-25-4/h9-12,20-21H,7-8,13H2,1-6H3. The van der Waals surface area contributed by atoms with E-state index in [2.05, 4.69) is 68.6 Å². The molecular formula is C22H30ClIO4SSi. The van der Waals surface area contributed by atoms with Gasteiger partial charge in [0.2, 0.25) is 0 Å². The van der Waals surface area contributed by atoms with Gasteiger partial charge in [-0.3, -0.25) is 0 Å². The van der Waals surface area contributed by atoms with Crippen LogP contribution in [0.1, 0.15) is 54.0 Å². The third-order valence-electron chi connectivity index (χ3n) is 5.68. The van der Waals surface area contributed by atoms with Crippen LogP contribution >= 0.6 is 45.5 Å². The van der Waals surface area contributed by atoms with E-state index in [-0.39, 0.29) is 17.4 Å². The van der Waals surface area contributed by atoms with Gasteiger partial charge in [-0.25, -0.2) is 0 Å². The summed E-state index contributed by atoms with van der Waals surface area (Å²) in [5.74, 6) is 0. The van der Waals surface area contributed by atoms with Crippen LogP contribution in [0.4, 0.5) is 0 Å². The summed E-state index contributed by atoms with van der Waals surface area (Å²) < 4.78 is 25.1. The first kappa shape index (κ1) is 24.6. The first-order valence-electron chi connectivity index (χ1n) is 10.0. The second-order valence-electron chi connectivity index (χ2n) is 8.99. The van der Waals surface area contributed by atoms with Gasteiger partial charge in [0.05, 0.1) is 30.8 Å². The van der Waals surface area contributed by atoms with Crippen LogP contribution in [0.5, 0.6) is 0 Å². The first-order valence-corrected chi connectivity index (χ1v) is 15.2. The van der Waals surface area contributed by atoms with E-state index in [0.29, 0.717) is 24.8 Å². The van der Waals surface area contributed by atoms with Gasteiger partial charge in [-0.05, 0) is 70.6 Å². The molecule has 1 aromatic heterocycles. The number of ether oxygens (including phenoxy) is 3. The fraction of sp³-hybridized carbons (Fsp3) is 0.545. The van der Waals surface area contributed by atoms with Gasteiger partial charge >= 0.3 is 0 Å².